The van der Waals surface area contributed by atoms with Crippen LogP contribution in [-0.4, -0.2) is 62.7 Å². The first-order chi connectivity index (χ1) is 8.34. The predicted molar refractivity (Wildman–Crippen MR) is 73.4 cm³/mol. The summed E-state index contributed by atoms with van der Waals surface area (Å²) < 4.78 is 0. The third-order valence-corrected chi connectivity index (χ3v) is 4.35. The minimum absolute atomic E-state index is 0.995. The van der Waals surface area contributed by atoms with Gasteiger partial charge in [-0.05, 0) is 90.9 Å². The molecule has 0 aromatic carbocycles. The first-order valence-corrected chi connectivity index (χ1v) is 7.46. The van der Waals surface area contributed by atoms with Crippen molar-refractivity contribution in [2.75, 3.05) is 52.9 Å². The second-order valence-electron chi connectivity index (χ2n) is 5.83. The van der Waals surface area contributed by atoms with Crippen LogP contribution in [-0.2, 0) is 0 Å². The van der Waals surface area contributed by atoms with Crippen LogP contribution < -0.4 is 5.32 Å². The molecule has 0 saturated carbocycles. The van der Waals surface area contributed by atoms with Gasteiger partial charge in [0.2, 0.25) is 0 Å². The molecular weight excluding hydrogens is 210 g/mol. The lowest BCUT2D eigenvalue weighted by molar-refractivity contribution is 0.181. The number of piperidine rings is 1. The van der Waals surface area contributed by atoms with Gasteiger partial charge in [-0.3, -0.25) is 0 Å². The largest absolute Gasteiger partial charge is 0.317 e. The van der Waals surface area contributed by atoms with E-state index in [0.717, 1.165) is 5.92 Å². The van der Waals surface area contributed by atoms with E-state index in [1.165, 1.54) is 77.9 Å². The second-order valence-corrected chi connectivity index (χ2v) is 5.83. The van der Waals surface area contributed by atoms with Crippen molar-refractivity contribution < 1.29 is 0 Å². The van der Waals surface area contributed by atoms with Crippen molar-refractivity contribution in [3.63, 3.8) is 0 Å². The number of nitrogens with zero attached hydrogens (tertiary/aromatic N) is 2. The lowest BCUT2D eigenvalue weighted by Crippen LogP contribution is -2.36. The summed E-state index contributed by atoms with van der Waals surface area (Å²) in [5.74, 6) is 0.995. The van der Waals surface area contributed by atoms with Crippen molar-refractivity contribution in [2.24, 2.45) is 5.92 Å². The molecule has 2 heterocycles. The van der Waals surface area contributed by atoms with Gasteiger partial charge in [0.05, 0.1) is 0 Å². The fourth-order valence-electron chi connectivity index (χ4n) is 3.03. The number of nitrogens with one attached hydrogen (secondary N) is 1. The van der Waals surface area contributed by atoms with Crippen molar-refractivity contribution in [1.82, 2.24) is 15.1 Å². The molecule has 0 amide bonds. The SMILES string of the molecule is CN1CCC(CCN2CCCNCCC2)CC1. The van der Waals surface area contributed by atoms with Crippen molar-refractivity contribution in [1.29, 1.82) is 0 Å². The van der Waals surface area contributed by atoms with Crippen LogP contribution in [0.1, 0.15) is 32.1 Å². The van der Waals surface area contributed by atoms with Crippen LogP contribution in [0.4, 0.5) is 0 Å². The molecule has 3 nitrogen and oxygen atoms in total. The van der Waals surface area contributed by atoms with Crippen molar-refractivity contribution >= 4 is 0 Å². The van der Waals surface area contributed by atoms with E-state index in [2.05, 4.69) is 22.2 Å². The monoisotopic (exact) mass is 239 g/mol. The third kappa shape index (κ3) is 4.94. The van der Waals surface area contributed by atoms with Gasteiger partial charge in [-0.2, -0.15) is 0 Å². The molecule has 0 bridgehead atoms. The summed E-state index contributed by atoms with van der Waals surface area (Å²) in [7, 11) is 2.25. The Labute approximate surface area is 107 Å². The standard InChI is InChI=1S/C14H29N3/c1-16-11-4-14(5-12-16)6-13-17-9-2-7-15-8-3-10-17/h14-15H,2-13H2,1H3. The topological polar surface area (TPSA) is 18.5 Å². The van der Waals surface area contributed by atoms with Crippen LogP contribution in [0, 0.1) is 5.92 Å². The summed E-state index contributed by atoms with van der Waals surface area (Å²) >= 11 is 0. The summed E-state index contributed by atoms with van der Waals surface area (Å²) in [5.41, 5.74) is 0. The summed E-state index contributed by atoms with van der Waals surface area (Å²) in [5, 5.41) is 3.49. The number of rotatable bonds is 3. The normalized spacial score (nSPS) is 26.6. The smallest absolute Gasteiger partial charge is 0.000663 e. The molecule has 100 valence electrons. The molecule has 0 unspecified atom stereocenters. The van der Waals surface area contributed by atoms with Gasteiger partial charge in [0.15, 0.2) is 0 Å². The Bertz CT molecular complexity index is 192. The molecule has 0 aromatic heterocycles. The maximum atomic E-state index is 3.49. The average Bonchev–Trinajstić information content (AvgIpc) is 2.30. The summed E-state index contributed by atoms with van der Waals surface area (Å²) in [6, 6.07) is 0. The molecule has 2 saturated heterocycles. The Hall–Kier alpha value is -0.120. The van der Waals surface area contributed by atoms with Crippen LogP contribution in [0.15, 0.2) is 0 Å². The molecule has 0 aliphatic carbocycles. The van der Waals surface area contributed by atoms with Gasteiger partial charge >= 0.3 is 0 Å². The highest BCUT2D eigenvalue weighted by atomic mass is 15.1. The number of hydrogen-bond donors (Lipinski definition) is 1. The zero-order chi connectivity index (χ0) is 11.9. The molecule has 3 heteroatoms. The lowest BCUT2D eigenvalue weighted by atomic mass is 9.93. The minimum atomic E-state index is 0.995. The van der Waals surface area contributed by atoms with E-state index in [0.29, 0.717) is 0 Å². The molecule has 0 atom stereocenters. The van der Waals surface area contributed by atoms with Gasteiger partial charge in [0, 0.05) is 0 Å². The van der Waals surface area contributed by atoms with E-state index in [4.69, 9.17) is 0 Å². The van der Waals surface area contributed by atoms with Gasteiger partial charge in [-0.1, -0.05) is 0 Å². The fraction of sp³-hybridized carbons (Fsp3) is 1.00. The van der Waals surface area contributed by atoms with Gasteiger partial charge in [0.25, 0.3) is 0 Å². The third-order valence-electron chi connectivity index (χ3n) is 4.35. The first-order valence-electron chi connectivity index (χ1n) is 7.46. The Morgan fingerprint density at radius 3 is 2.29 bits per heavy atom. The maximum absolute atomic E-state index is 3.49. The van der Waals surface area contributed by atoms with E-state index in [1.54, 1.807) is 0 Å². The predicted octanol–water partition coefficient (Wildman–Crippen LogP) is 1.40. The summed E-state index contributed by atoms with van der Waals surface area (Å²) in [6.07, 6.45) is 6.93. The van der Waals surface area contributed by atoms with E-state index in [9.17, 15) is 0 Å². The van der Waals surface area contributed by atoms with E-state index < -0.39 is 0 Å². The van der Waals surface area contributed by atoms with Gasteiger partial charge in [-0.15, -0.1) is 0 Å². The number of hydrogen-bond acceptors (Lipinski definition) is 3. The van der Waals surface area contributed by atoms with E-state index >= 15 is 0 Å². The quantitative estimate of drug-likeness (QED) is 0.803. The average molecular weight is 239 g/mol. The Morgan fingerprint density at radius 2 is 1.65 bits per heavy atom. The van der Waals surface area contributed by atoms with Crippen LogP contribution >= 0.6 is 0 Å². The highest BCUT2D eigenvalue weighted by molar-refractivity contribution is 4.72. The summed E-state index contributed by atoms with van der Waals surface area (Å²) in [6.45, 7) is 9.01. The van der Waals surface area contributed by atoms with Crippen LogP contribution in [0.2, 0.25) is 0 Å². The van der Waals surface area contributed by atoms with Crippen molar-refractivity contribution in [3.8, 4) is 0 Å². The van der Waals surface area contributed by atoms with Gasteiger partial charge < -0.3 is 15.1 Å². The molecule has 2 rings (SSSR count). The highest BCUT2D eigenvalue weighted by Gasteiger charge is 2.17. The molecule has 0 spiro atoms. The van der Waals surface area contributed by atoms with Gasteiger partial charge in [0.1, 0.15) is 0 Å². The lowest BCUT2D eigenvalue weighted by Gasteiger charge is -2.31. The Balaban J connectivity index is 1.62. The molecule has 1 N–H and O–H groups in total. The minimum Gasteiger partial charge on any atom is -0.317 e. The van der Waals surface area contributed by atoms with E-state index in [-0.39, 0.29) is 0 Å². The summed E-state index contributed by atoms with van der Waals surface area (Å²) in [4.78, 5) is 5.16. The maximum Gasteiger partial charge on any atom is -0.000663 e. The van der Waals surface area contributed by atoms with Crippen LogP contribution in [0.5, 0.6) is 0 Å². The zero-order valence-corrected chi connectivity index (χ0v) is 11.5. The molecule has 2 fully saturated rings. The van der Waals surface area contributed by atoms with Gasteiger partial charge in [-0.25, -0.2) is 0 Å². The highest BCUT2D eigenvalue weighted by Crippen LogP contribution is 2.19. The van der Waals surface area contributed by atoms with Crippen molar-refractivity contribution in [3.05, 3.63) is 0 Å². The van der Waals surface area contributed by atoms with Crippen LogP contribution in [0.3, 0.4) is 0 Å². The molecular formula is C14H29N3. The number of likely N-dealkylation sites (tertiary alicyclic amines) is 1. The van der Waals surface area contributed by atoms with Crippen LogP contribution in [0.25, 0.3) is 0 Å². The molecule has 0 radical (unpaired) electrons. The molecule has 2 aliphatic heterocycles. The van der Waals surface area contributed by atoms with E-state index in [1.807, 2.05) is 0 Å². The molecule has 17 heavy (non-hydrogen) atoms. The zero-order valence-electron chi connectivity index (χ0n) is 11.5. The van der Waals surface area contributed by atoms with Crippen molar-refractivity contribution in [2.45, 2.75) is 32.1 Å². The second kappa shape index (κ2) is 7.34. The molecule has 2 aliphatic rings. The first kappa shape index (κ1) is 13.3. The Morgan fingerprint density at radius 1 is 1.00 bits per heavy atom. The molecule has 0 aromatic rings. The fourth-order valence-corrected chi connectivity index (χ4v) is 3.03. The Kier molecular flexibility index (Phi) is 5.75.